The third-order valence-electron chi connectivity index (χ3n) is 3.56. The molecule has 0 bridgehead atoms. The Morgan fingerprint density at radius 2 is 1.69 bits per heavy atom. The lowest BCUT2D eigenvalue weighted by molar-refractivity contribution is -0.126. The van der Waals surface area contributed by atoms with Crippen molar-refractivity contribution in [3.05, 3.63) is 59.7 Å². The first-order chi connectivity index (χ1) is 12.5. The van der Waals surface area contributed by atoms with Crippen molar-refractivity contribution in [1.82, 2.24) is 5.32 Å². The van der Waals surface area contributed by atoms with Gasteiger partial charge < -0.3 is 20.5 Å². The van der Waals surface area contributed by atoms with Crippen LogP contribution in [0.2, 0.25) is 0 Å². The van der Waals surface area contributed by atoms with Crippen LogP contribution >= 0.6 is 0 Å². The van der Waals surface area contributed by atoms with E-state index in [2.05, 4.69) is 10.6 Å². The van der Waals surface area contributed by atoms with Crippen LogP contribution in [0.3, 0.4) is 0 Å². The van der Waals surface area contributed by atoms with Gasteiger partial charge in [-0.1, -0.05) is 25.1 Å². The predicted octanol–water partition coefficient (Wildman–Crippen LogP) is 1.87. The van der Waals surface area contributed by atoms with Crippen LogP contribution in [0.1, 0.15) is 22.8 Å². The van der Waals surface area contributed by atoms with E-state index in [9.17, 15) is 14.4 Å². The van der Waals surface area contributed by atoms with Gasteiger partial charge in [0.2, 0.25) is 5.91 Å². The highest BCUT2D eigenvalue weighted by atomic mass is 16.5. The molecule has 0 fully saturated rings. The zero-order valence-corrected chi connectivity index (χ0v) is 14.3. The third-order valence-corrected chi connectivity index (χ3v) is 3.56. The summed E-state index contributed by atoms with van der Waals surface area (Å²) in [6.07, 6.45) is 0.774. The summed E-state index contributed by atoms with van der Waals surface area (Å²) in [5.74, 6) is -1.63. The SMILES string of the molecule is CCc1ccccc1NC(=O)CNC(=O)COC(=O)c1ccc(O)cc1. The molecule has 7 heteroatoms. The number of aromatic hydroxyl groups is 1. The summed E-state index contributed by atoms with van der Waals surface area (Å²) in [4.78, 5) is 35.4. The average molecular weight is 356 g/mol. The number of aryl methyl sites for hydroxylation is 1. The van der Waals surface area contributed by atoms with Gasteiger partial charge in [-0.15, -0.1) is 0 Å². The van der Waals surface area contributed by atoms with E-state index >= 15 is 0 Å². The number of hydrogen-bond donors (Lipinski definition) is 3. The van der Waals surface area contributed by atoms with Crippen LogP contribution in [0.25, 0.3) is 0 Å². The molecule has 2 amide bonds. The van der Waals surface area contributed by atoms with Crippen LogP contribution < -0.4 is 10.6 Å². The van der Waals surface area contributed by atoms with Gasteiger partial charge >= 0.3 is 5.97 Å². The molecule has 136 valence electrons. The van der Waals surface area contributed by atoms with Crippen molar-refractivity contribution in [2.45, 2.75) is 13.3 Å². The Kier molecular flexibility index (Phi) is 6.73. The van der Waals surface area contributed by atoms with E-state index in [4.69, 9.17) is 9.84 Å². The minimum absolute atomic E-state index is 0.0231. The maximum Gasteiger partial charge on any atom is 0.338 e. The Balaban J connectivity index is 1.75. The summed E-state index contributed by atoms with van der Waals surface area (Å²) in [5, 5.41) is 14.3. The number of nitrogens with one attached hydrogen (secondary N) is 2. The Morgan fingerprint density at radius 1 is 1.00 bits per heavy atom. The Labute approximate surface area is 151 Å². The van der Waals surface area contributed by atoms with E-state index in [0.29, 0.717) is 5.69 Å². The van der Waals surface area contributed by atoms with Gasteiger partial charge in [0, 0.05) is 5.69 Å². The molecule has 3 N–H and O–H groups in total. The second-order valence-corrected chi connectivity index (χ2v) is 5.46. The van der Waals surface area contributed by atoms with Crippen LogP contribution in [0.4, 0.5) is 5.69 Å². The highest BCUT2D eigenvalue weighted by molar-refractivity contribution is 5.96. The Morgan fingerprint density at radius 3 is 2.38 bits per heavy atom. The number of amides is 2. The highest BCUT2D eigenvalue weighted by Gasteiger charge is 2.12. The van der Waals surface area contributed by atoms with Crippen molar-refractivity contribution in [3.8, 4) is 5.75 Å². The molecule has 26 heavy (non-hydrogen) atoms. The third kappa shape index (κ3) is 5.62. The van der Waals surface area contributed by atoms with Crippen LogP contribution in [0, 0.1) is 0 Å². The summed E-state index contributed by atoms with van der Waals surface area (Å²) in [6.45, 7) is 1.25. The van der Waals surface area contributed by atoms with Crippen molar-refractivity contribution in [2.24, 2.45) is 0 Å². The van der Waals surface area contributed by atoms with Crippen molar-refractivity contribution in [1.29, 1.82) is 0 Å². The minimum atomic E-state index is -0.693. The smallest absolute Gasteiger partial charge is 0.338 e. The fourth-order valence-corrected chi connectivity index (χ4v) is 2.19. The van der Waals surface area contributed by atoms with E-state index < -0.39 is 18.5 Å². The summed E-state index contributed by atoms with van der Waals surface area (Å²) in [7, 11) is 0. The first-order valence-corrected chi connectivity index (χ1v) is 8.10. The van der Waals surface area contributed by atoms with E-state index in [1.54, 1.807) is 6.07 Å². The summed E-state index contributed by atoms with van der Waals surface area (Å²) in [6, 6.07) is 12.9. The zero-order valence-electron chi connectivity index (χ0n) is 14.3. The number of phenols is 1. The normalized spacial score (nSPS) is 10.0. The van der Waals surface area contributed by atoms with Crippen LogP contribution in [-0.4, -0.2) is 36.0 Å². The number of ether oxygens (including phenoxy) is 1. The lowest BCUT2D eigenvalue weighted by Crippen LogP contribution is -2.35. The molecule has 0 aromatic heterocycles. The van der Waals surface area contributed by atoms with Gasteiger partial charge in [-0.25, -0.2) is 4.79 Å². The molecule has 0 aliphatic carbocycles. The first kappa shape index (κ1) is 19.0. The van der Waals surface area contributed by atoms with E-state index in [1.165, 1.54) is 24.3 Å². The number of carbonyl (C=O) groups excluding carboxylic acids is 3. The molecule has 2 rings (SSSR count). The monoisotopic (exact) mass is 356 g/mol. The molecule has 0 unspecified atom stereocenters. The van der Waals surface area contributed by atoms with E-state index in [-0.39, 0.29) is 23.8 Å². The number of rotatable bonds is 7. The van der Waals surface area contributed by atoms with Gasteiger partial charge in [-0.05, 0) is 42.3 Å². The maximum atomic E-state index is 11.9. The molecule has 0 spiro atoms. The second kappa shape index (κ2) is 9.22. The largest absolute Gasteiger partial charge is 0.508 e. The summed E-state index contributed by atoms with van der Waals surface area (Å²) >= 11 is 0. The van der Waals surface area contributed by atoms with Crippen molar-refractivity contribution >= 4 is 23.5 Å². The number of para-hydroxylation sites is 1. The predicted molar refractivity (Wildman–Crippen MR) is 95.8 cm³/mol. The summed E-state index contributed by atoms with van der Waals surface area (Å²) < 4.78 is 4.85. The molecule has 2 aromatic rings. The van der Waals surface area contributed by atoms with Crippen molar-refractivity contribution in [2.75, 3.05) is 18.5 Å². The molecule has 2 aromatic carbocycles. The number of anilines is 1. The van der Waals surface area contributed by atoms with Gasteiger partial charge in [-0.3, -0.25) is 9.59 Å². The molecule has 0 saturated carbocycles. The molecular formula is C19H20N2O5. The van der Waals surface area contributed by atoms with Crippen molar-refractivity contribution in [3.63, 3.8) is 0 Å². The first-order valence-electron chi connectivity index (χ1n) is 8.10. The Bertz CT molecular complexity index is 787. The summed E-state index contributed by atoms with van der Waals surface area (Å²) in [5.41, 5.74) is 1.91. The Hall–Kier alpha value is -3.35. The van der Waals surface area contributed by atoms with Gasteiger partial charge in [0.15, 0.2) is 6.61 Å². The molecule has 0 saturated heterocycles. The maximum absolute atomic E-state index is 11.9. The van der Waals surface area contributed by atoms with Crippen LogP contribution in [-0.2, 0) is 20.7 Å². The lowest BCUT2D eigenvalue weighted by atomic mass is 10.1. The van der Waals surface area contributed by atoms with Gasteiger partial charge in [0.05, 0.1) is 12.1 Å². The van der Waals surface area contributed by atoms with Crippen LogP contribution in [0.15, 0.2) is 48.5 Å². The fraction of sp³-hybridized carbons (Fsp3) is 0.211. The molecule has 0 heterocycles. The fourth-order valence-electron chi connectivity index (χ4n) is 2.19. The van der Waals surface area contributed by atoms with E-state index in [1.807, 2.05) is 25.1 Å². The average Bonchev–Trinajstić information content (AvgIpc) is 2.65. The highest BCUT2D eigenvalue weighted by Crippen LogP contribution is 2.15. The molecule has 0 aliphatic heterocycles. The number of benzene rings is 2. The number of esters is 1. The molecule has 0 atom stereocenters. The standard InChI is InChI=1S/C19H20N2O5/c1-2-13-5-3-4-6-16(13)21-17(23)11-20-18(24)12-26-19(25)14-7-9-15(22)10-8-14/h3-10,22H,2,11-12H2,1H3,(H,20,24)(H,21,23). The minimum Gasteiger partial charge on any atom is -0.508 e. The molecule has 0 radical (unpaired) electrons. The molecule has 0 aliphatic rings. The topological polar surface area (TPSA) is 105 Å². The van der Waals surface area contributed by atoms with Gasteiger partial charge in [-0.2, -0.15) is 0 Å². The second-order valence-electron chi connectivity index (χ2n) is 5.46. The van der Waals surface area contributed by atoms with E-state index in [0.717, 1.165) is 12.0 Å². The molecular weight excluding hydrogens is 336 g/mol. The van der Waals surface area contributed by atoms with Gasteiger partial charge in [0.1, 0.15) is 5.75 Å². The lowest BCUT2D eigenvalue weighted by Gasteiger charge is -2.10. The molecule has 7 nitrogen and oxygen atoms in total. The number of carbonyl (C=O) groups is 3. The quantitative estimate of drug-likeness (QED) is 0.657. The zero-order chi connectivity index (χ0) is 18.9. The number of phenolic OH excluding ortho intramolecular Hbond substituents is 1. The van der Waals surface area contributed by atoms with Gasteiger partial charge in [0.25, 0.3) is 5.91 Å². The van der Waals surface area contributed by atoms with Crippen molar-refractivity contribution < 1.29 is 24.2 Å². The van der Waals surface area contributed by atoms with Crippen LogP contribution in [0.5, 0.6) is 5.75 Å². The number of hydrogen-bond acceptors (Lipinski definition) is 5.